The van der Waals surface area contributed by atoms with Crippen LogP contribution in [0.4, 0.5) is 17.6 Å². The number of carbonyl (C=O) groups excluding carboxylic acids is 1. The van der Waals surface area contributed by atoms with Crippen molar-refractivity contribution >= 4 is 5.91 Å². The van der Waals surface area contributed by atoms with E-state index in [0.29, 0.717) is 30.7 Å². The lowest BCUT2D eigenvalue weighted by molar-refractivity contribution is -0.274. The second-order valence-electron chi connectivity index (χ2n) is 7.03. The van der Waals surface area contributed by atoms with E-state index < -0.39 is 29.9 Å². The molecule has 2 aromatic heterocycles. The number of carbonyl (C=O) groups is 1. The molecule has 1 aliphatic rings. The summed E-state index contributed by atoms with van der Waals surface area (Å²) in [5, 5.41) is 2.74. The highest BCUT2D eigenvalue weighted by atomic mass is 19.4. The number of amides is 1. The number of aromatic nitrogens is 2. The van der Waals surface area contributed by atoms with Crippen LogP contribution in [0.25, 0.3) is 11.5 Å². The predicted molar refractivity (Wildman–Crippen MR) is 103 cm³/mol. The Balaban J connectivity index is 1.57. The molecule has 3 aromatic rings. The van der Waals surface area contributed by atoms with Gasteiger partial charge in [-0.15, -0.1) is 13.2 Å². The van der Waals surface area contributed by atoms with E-state index in [1.165, 1.54) is 25.3 Å². The van der Waals surface area contributed by atoms with Crippen LogP contribution in [0, 0.1) is 5.82 Å². The number of aryl methyl sites for hydroxylation is 1. The molecule has 0 aliphatic heterocycles. The summed E-state index contributed by atoms with van der Waals surface area (Å²) in [5.41, 5.74) is 0.623. The predicted octanol–water partition coefficient (Wildman–Crippen LogP) is 4.59. The zero-order valence-electron chi connectivity index (χ0n) is 16.7. The monoisotopic (exact) mass is 451 g/mol. The topological polar surface area (TPSA) is 86.5 Å². The number of pyridine rings is 1. The number of hydrogen-bond donors (Lipinski definition) is 1. The van der Waals surface area contributed by atoms with Crippen LogP contribution in [-0.2, 0) is 6.42 Å². The van der Waals surface area contributed by atoms with E-state index in [1.807, 2.05) is 0 Å². The standard InChI is InChI=1S/C21H17F4N3O4/c1-30-17-9-13(14(22)10-26-17)20-28-16-7-3-6-15(18(16)31-20)27-19(29)11-4-2-5-12(8-11)32-21(23,24)25/h2,4-5,8-10,15H,3,6-7H2,1H3,(H,27,29)/t15-/m1/s1. The maximum absolute atomic E-state index is 14.3. The molecule has 1 amide bonds. The van der Waals surface area contributed by atoms with Crippen molar-refractivity contribution in [2.24, 2.45) is 0 Å². The molecule has 0 unspecified atom stereocenters. The Bertz CT molecular complexity index is 1150. The van der Waals surface area contributed by atoms with Crippen LogP contribution >= 0.6 is 0 Å². The minimum Gasteiger partial charge on any atom is -0.481 e. The smallest absolute Gasteiger partial charge is 0.481 e. The van der Waals surface area contributed by atoms with E-state index in [2.05, 4.69) is 20.0 Å². The van der Waals surface area contributed by atoms with E-state index in [9.17, 15) is 22.4 Å². The van der Waals surface area contributed by atoms with Gasteiger partial charge in [0.05, 0.1) is 30.6 Å². The molecule has 0 radical (unpaired) electrons. The van der Waals surface area contributed by atoms with Gasteiger partial charge in [-0.25, -0.2) is 14.4 Å². The number of oxazole rings is 1. The maximum Gasteiger partial charge on any atom is 0.573 e. The van der Waals surface area contributed by atoms with Crippen molar-refractivity contribution in [3.63, 3.8) is 0 Å². The van der Waals surface area contributed by atoms with Crippen molar-refractivity contribution in [2.75, 3.05) is 7.11 Å². The number of methoxy groups -OCH3 is 1. The molecule has 0 bridgehead atoms. The molecule has 4 rings (SSSR count). The fourth-order valence-electron chi connectivity index (χ4n) is 3.44. The molecule has 0 fully saturated rings. The number of halogens is 4. The van der Waals surface area contributed by atoms with Crippen LogP contribution in [0.2, 0.25) is 0 Å². The van der Waals surface area contributed by atoms with Crippen LogP contribution in [0.1, 0.15) is 40.7 Å². The lowest BCUT2D eigenvalue weighted by Crippen LogP contribution is -2.30. The van der Waals surface area contributed by atoms with Crippen LogP contribution in [-0.4, -0.2) is 29.3 Å². The van der Waals surface area contributed by atoms with Gasteiger partial charge < -0.3 is 19.2 Å². The van der Waals surface area contributed by atoms with Crippen LogP contribution in [0.3, 0.4) is 0 Å². The molecule has 11 heteroatoms. The number of ether oxygens (including phenoxy) is 2. The molecular weight excluding hydrogens is 434 g/mol. The first-order valence-electron chi connectivity index (χ1n) is 9.59. The molecule has 1 atom stereocenters. The normalized spacial score (nSPS) is 15.7. The Morgan fingerprint density at radius 3 is 2.84 bits per heavy atom. The fraction of sp³-hybridized carbons (Fsp3) is 0.286. The Morgan fingerprint density at radius 2 is 2.09 bits per heavy atom. The van der Waals surface area contributed by atoms with Gasteiger partial charge in [-0.1, -0.05) is 6.07 Å². The number of alkyl halides is 3. The summed E-state index contributed by atoms with van der Waals surface area (Å²) in [6.45, 7) is 0. The summed E-state index contributed by atoms with van der Waals surface area (Å²) in [4.78, 5) is 20.8. The van der Waals surface area contributed by atoms with Crippen molar-refractivity contribution in [1.29, 1.82) is 0 Å². The summed E-state index contributed by atoms with van der Waals surface area (Å²) in [6, 6.07) is 5.53. The largest absolute Gasteiger partial charge is 0.573 e. The highest BCUT2D eigenvalue weighted by Crippen LogP contribution is 2.35. The van der Waals surface area contributed by atoms with Gasteiger partial charge in [-0.3, -0.25) is 4.79 Å². The van der Waals surface area contributed by atoms with Crippen LogP contribution in [0.15, 0.2) is 40.9 Å². The van der Waals surface area contributed by atoms with E-state index in [-0.39, 0.29) is 22.9 Å². The Labute approximate surface area is 179 Å². The minimum absolute atomic E-state index is 0.0106. The third-order valence-corrected chi connectivity index (χ3v) is 4.86. The van der Waals surface area contributed by atoms with Gasteiger partial charge in [-0.2, -0.15) is 0 Å². The summed E-state index contributed by atoms with van der Waals surface area (Å²) in [6.07, 6.45) is -2.09. The van der Waals surface area contributed by atoms with Gasteiger partial charge in [0.25, 0.3) is 5.91 Å². The van der Waals surface area contributed by atoms with Crippen molar-refractivity contribution in [3.05, 3.63) is 59.4 Å². The Kier molecular flexibility index (Phi) is 5.72. The lowest BCUT2D eigenvalue weighted by atomic mass is 9.96. The number of nitrogens with zero attached hydrogens (tertiary/aromatic N) is 2. The Hall–Kier alpha value is -3.63. The van der Waals surface area contributed by atoms with Crippen molar-refractivity contribution in [1.82, 2.24) is 15.3 Å². The van der Waals surface area contributed by atoms with Crippen molar-refractivity contribution < 1.29 is 36.2 Å². The molecular formula is C21H17F4N3O4. The molecule has 1 N–H and O–H groups in total. The molecule has 2 heterocycles. The third kappa shape index (κ3) is 4.66. The zero-order valence-corrected chi connectivity index (χ0v) is 16.7. The van der Waals surface area contributed by atoms with Crippen LogP contribution in [0.5, 0.6) is 11.6 Å². The summed E-state index contributed by atoms with van der Waals surface area (Å²) >= 11 is 0. The van der Waals surface area contributed by atoms with Gasteiger partial charge in [0, 0.05) is 11.6 Å². The van der Waals surface area contributed by atoms with E-state index in [4.69, 9.17) is 9.15 Å². The maximum atomic E-state index is 14.3. The first-order valence-corrected chi connectivity index (χ1v) is 9.59. The molecule has 1 aromatic carbocycles. The average molecular weight is 451 g/mol. The summed E-state index contributed by atoms with van der Waals surface area (Å²) < 4.78 is 66.3. The first kappa shape index (κ1) is 21.6. The molecule has 1 aliphatic carbocycles. The highest BCUT2D eigenvalue weighted by molar-refractivity contribution is 5.94. The third-order valence-electron chi connectivity index (χ3n) is 4.86. The number of nitrogens with one attached hydrogen (secondary N) is 1. The van der Waals surface area contributed by atoms with E-state index in [1.54, 1.807) is 0 Å². The van der Waals surface area contributed by atoms with Gasteiger partial charge in [0.2, 0.25) is 11.8 Å². The van der Waals surface area contributed by atoms with Crippen molar-refractivity contribution in [2.45, 2.75) is 31.7 Å². The van der Waals surface area contributed by atoms with Gasteiger partial charge >= 0.3 is 6.36 Å². The summed E-state index contributed by atoms with van der Waals surface area (Å²) in [7, 11) is 1.39. The zero-order chi connectivity index (χ0) is 22.9. The SMILES string of the molecule is COc1cc(-c2nc3c(o2)[C@H](NC(=O)c2cccc(OC(F)(F)F)c2)CCC3)c(F)cn1. The van der Waals surface area contributed by atoms with Crippen molar-refractivity contribution in [3.8, 4) is 23.1 Å². The van der Waals surface area contributed by atoms with Gasteiger partial charge in [-0.05, 0) is 37.5 Å². The minimum atomic E-state index is -4.87. The molecule has 168 valence electrons. The quantitative estimate of drug-likeness (QED) is 0.571. The van der Waals surface area contributed by atoms with Gasteiger partial charge in [0.15, 0.2) is 5.82 Å². The number of hydrogen-bond acceptors (Lipinski definition) is 6. The molecule has 7 nitrogen and oxygen atoms in total. The number of rotatable bonds is 5. The molecule has 0 saturated carbocycles. The van der Waals surface area contributed by atoms with E-state index >= 15 is 0 Å². The number of benzene rings is 1. The average Bonchev–Trinajstić information content (AvgIpc) is 3.18. The van der Waals surface area contributed by atoms with E-state index in [0.717, 1.165) is 18.3 Å². The molecule has 32 heavy (non-hydrogen) atoms. The fourth-order valence-corrected chi connectivity index (χ4v) is 3.44. The lowest BCUT2D eigenvalue weighted by Gasteiger charge is -2.21. The Morgan fingerprint density at radius 1 is 1.28 bits per heavy atom. The van der Waals surface area contributed by atoms with Crippen LogP contribution < -0.4 is 14.8 Å². The van der Waals surface area contributed by atoms with Gasteiger partial charge in [0.1, 0.15) is 11.5 Å². The second kappa shape index (κ2) is 8.48. The first-order chi connectivity index (χ1) is 15.2. The molecule has 0 spiro atoms. The second-order valence-corrected chi connectivity index (χ2v) is 7.03. The highest BCUT2D eigenvalue weighted by Gasteiger charge is 2.32. The number of fused-ring (bicyclic) bond motifs is 1. The summed E-state index contributed by atoms with van der Waals surface area (Å²) in [5.74, 6) is -1.18. The molecule has 0 saturated heterocycles.